The van der Waals surface area contributed by atoms with E-state index in [4.69, 9.17) is 4.42 Å². The van der Waals surface area contributed by atoms with Crippen LogP contribution >= 0.6 is 0 Å². The van der Waals surface area contributed by atoms with Crippen LogP contribution in [0.1, 0.15) is 5.56 Å². The van der Waals surface area contributed by atoms with Gasteiger partial charge in [0.25, 0.3) is 0 Å². The molecule has 0 fully saturated rings. The summed E-state index contributed by atoms with van der Waals surface area (Å²) in [7, 11) is 3.63. The minimum absolute atomic E-state index is 0.249. The fraction of sp³-hybridized carbons (Fsp3) is 0.158. The van der Waals surface area contributed by atoms with Gasteiger partial charge in [-0.2, -0.15) is 0 Å². The first-order chi connectivity index (χ1) is 12.1. The first kappa shape index (κ1) is 15.4. The average Bonchev–Trinajstić information content (AvgIpc) is 2.99. The van der Waals surface area contributed by atoms with E-state index in [-0.39, 0.29) is 5.82 Å². The Bertz CT molecular complexity index is 1060. The summed E-state index contributed by atoms with van der Waals surface area (Å²) in [6.07, 6.45) is 1.50. The summed E-state index contributed by atoms with van der Waals surface area (Å²) in [5.74, 6) is 0.346. The van der Waals surface area contributed by atoms with E-state index < -0.39 is 0 Å². The van der Waals surface area contributed by atoms with Crippen LogP contribution in [0.15, 0.2) is 53.2 Å². The zero-order valence-corrected chi connectivity index (χ0v) is 14.0. The molecule has 0 unspecified atom stereocenters. The lowest BCUT2D eigenvalue weighted by atomic mass is 10.2. The number of aromatic nitrogens is 2. The molecule has 2 aromatic carbocycles. The van der Waals surface area contributed by atoms with Gasteiger partial charge >= 0.3 is 0 Å². The van der Waals surface area contributed by atoms with Crippen LogP contribution in [0.25, 0.3) is 22.1 Å². The number of anilines is 2. The van der Waals surface area contributed by atoms with Gasteiger partial charge in [0.05, 0.1) is 5.69 Å². The van der Waals surface area contributed by atoms with Gasteiger partial charge in [-0.15, -0.1) is 0 Å². The van der Waals surface area contributed by atoms with Crippen molar-refractivity contribution in [3.05, 3.63) is 60.2 Å². The van der Waals surface area contributed by atoms with Crippen LogP contribution in [0, 0.1) is 5.82 Å². The summed E-state index contributed by atoms with van der Waals surface area (Å²) >= 11 is 0. The summed E-state index contributed by atoms with van der Waals surface area (Å²) in [5.41, 5.74) is 3.52. The van der Waals surface area contributed by atoms with Gasteiger partial charge < -0.3 is 14.6 Å². The number of fused-ring (bicyclic) bond motifs is 3. The van der Waals surface area contributed by atoms with E-state index in [0.717, 1.165) is 22.0 Å². The summed E-state index contributed by atoms with van der Waals surface area (Å²) in [6, 6.07) is 12.9. The van der Waals surface area contributed by atoms with Crippen molar-refractivity contribution in [1.82, 2.24) is 9.97 Å². The Morgan fingerprint density at radius 3 is 2.76 bits per heavy atom. The standard InChI is InChI=1S/C19H17FN4O/c1-24(2)15-8-7-12(9-14(15)20)10-21-19-18-17(22-11-23-19)13-5-3-4-6-16(13)25-18/h3-9,11H,10H2,1-2H3,(H,21,22,23). The second-order valence-electron chi connectivity index (χ2n) is 6.03. The number of nitrogens with zero attached hydrogens (tertiary/aromatic N) is 3. The van der Waals surface area contributed by atoms with E-state index >= 15 is 0 Å². The topological polar surface area (TPSA) is 54.2 Å². The summed E-state index contributed by atoms with van der Waals surface area (Å²) in [6.45, 7) is 0.438. The van der Waals surface area contributed by atoms with Gasteiger partial charge in [-0.25, -0.2) is 14.4 Å². The lowest BCUT2D eigenvalue weighted by Crippen LogP contribution is -2.11. The number of furan rings is 1. The Hall–Kier alpha value is -3.15. The van der Waals surface area contributed by atoms with Crippen LogP contribution in [-0.2, 0) is 6.54 Å². The van der Waals surface area contributed by atoms with Gasteiger partial charge in [0.15, 0.2) is 11.4 Å². The lowest BCUT2D eigenvalue weighted by molar-refractivity contribution is 0.624. The molecule has 4 aromatic rings. The van der Waals surface area contributed by atoms with Gasteiger partial charge in [-0.05, 0) is 29.8 Å². The fourth-order valence-electron chi connectivity index (χ4n) is 2.86. The molecule has 2 heterocycles. The molecule has 0 aliphatic carbocycles. The van der Waals surface area contributed by atoms with Crippen molar-refractivity contribution in [3.63, 3.8) is 0 Å². The highest BCUT2D eigenvalue weighted by Gasteiger charge is 2.13. The molecule has 0 amide bonds. The van der Waals surface area contributed by atoms with E-state index in [2.05, 4.69) is 15.3 Å². The Morgan fingerprint density at radius 1 is 1.12 bits per heavy atom. The van der Waals surface area contributed by atoms with Crippen LogP contribution in [0.5, 0.6) is 0 Å². The molecular weight excluding hydrogens is 319 g/mol. The van der Waals surface area contributed by atoms with Gasteiger partial charge in [0, 0.05) is 26.0 Å². The maximum atomic E-state index is 14.1. The average molecular weight is 336 g/mol. The molecule has 0 saturated carbocycles. The van der Waals surface area contributed by atoms with E-state index in [1.54, 1.807) is 11.0 Å². The molecule has 0 spiro atoms. The lowest BCUT2D eigenvalue weighted by Gasteiger charge is -2.14. The number of benzene rings is 2. The van der Waals surface area contributed by atoms with Crippen LogP contribution in [-0.4, -0.2) is 24.1 Å². The summed E-state index contributed by atoms with van der Waals surface area (Å²) in [5, 5.41) is 4.16. The number of hydrogen-bond acceptors (Lipinski definition) is 5. The molecule has 0 bridgehead atoms. The second kappa shape index (κ2) is 6.05. The predicted octanol–water partition coefficient (Wildman–Crippen LogP) is 4.19. The number of nitrogens with one attached hydrogen (secondary N) is 1. The van der Waals surface area contributed by atoms with Crippen molar-refractivity contribution in [3.8, 4) is 0 Å². The molecule has 25 heavy (non-hydrogen) atoms. The van der Waals surface area contributed by atoms with E-state index in [1.807, 2.05) is 44.4 Å². The third-order valence-electron chi connectivity index (χ3n) is 4.11. The number of para-hydroxylation sites is 1. The zero-order valence-electron chi connectivity index (χ0n) is 14.0. The molecule has 0 radical (unpaired) electrons. The molecule has 0 aliphatic heterocycles. The predicted molar refractivity (Wildman–Crippen MR) is 97.4 cm³/mol. The molecule has 2 aromatic heterocycles. The van der Waals surface area contributed by atoms with Crippen molar-refractivity contribution in [1.29, 1.82) is 0 Å². The molecule has 126 valence electrons. The number of rotatable bonds is 4. The molecule has 5 nitrogen and oxygen atoms in total. The van der Waals surface area contributed by atoms with Crippen LogP contribution in [0.2, 0.25) is 0 Å². The molecule has 6 heteroatoms. The zero-order chi connectivity index (χ0) is 17.4. The fourth-order valence-corrected chi connectivity index (χ4v) is 2.86. The van der Waals surface area contributed by atoms with Crippen LogP contribution in [0.4, 0.5) is 15.9 Å². The SMILES string of the molecule is CN(C)c1ccc(CNc2ncnc3c2oc2ccccc23)cc1F. The maximum Gasteiger partial charge on any atom is 0.196 e. The highest BCUT2D eigenvalue weighted by molar-refractivity contribution is 6.05. The molecule has 0 aliphatic rings. The molecular formula is C19H17FN4O. The quantitative estimate of drug-likeness (QED) is 0.605. The Morgan fingerprint density at radius 2 is 1.96 bits per heavy atom. The van der Waals surface area contributed by atoms with E-state index in [9.17, 15) is 4.39 Å². The maximum absolute atomic E-state index is 14.1. The first-order valence-electron chi connectivity index (χ1n) is 7.95. The molecule has 0 saturated heterocycles. The molecule has 1 N–H and O–H groups in total. The molecule has 4 rings (SSSR count). The van der Waals surface area contributed by atoms with Crippen molar-refractivity contribution < 1.29 is 8.81 Å². The van der Waals surface area contributed by atoms with Gasteiger partial charge in [0.1, 0.15) is 23.2 Å². The van der Waals surface area contributed by atoms with Gasteiger partial charge in [-0.1, -0.05) is 18.2 Å². The van der Waals surface area contributed by atoms with Crippen molar-refractivity contribution in [2.24, 2.45) is 0 Å². The van der Waals surface area contributed by atoms with Crippen LogP contribution < -0.4 is 10.2 Å². The van der Waals surface area contributed by atoms with Crippen molar-refractivity contribution in [2.45, 2.75) is 6.54 Å². The van der Waals surface area contributed by atoms with Crippen molar-refractivity contribution >= 4 is 33.6 Å². The normalized spacial score (nSPS) is 11.2. The first-order valence-corrected chi connectivity index (χ1v) is 7.95. The minimum Gasteiger partial charge on any atom is -0.450 e. The van der Waals surface area contributed by atoms with Crippen molar-refractivity contribution in [2.75, 3.05) is 24.3 Å². The summed E-state index contributed by atoms with van der Waals surface area (Å²) < 4.78 is 20.0. The van der Waals surface area contributed by atoms with Gasteiger partial charge in [0.2, 0.25) is 0 Å². The largest absolute Gasteiger partial charge is 0.450 e. The Labute approximate surface area is 144 Å². The highest BCUT2D eigenvalue weighted by Crippen LogP contribution is 2.30. The smallest absolute Gasteiger partial charge is 0.196 e. The van der Waals surface area contributed by atoms with Gasteiger partial charge in [-0.3, -0.25) is 0 Å². The Balaban J connectivity index is 1.64. The van der Waals surface area contributed by atoms with E-state index in [1.165, 1.54) is 12.4 Å². The molecule has 0 atom stereocenters. The van der Waals surface area contributed by atoms with Crippen LogP contribution in [0.3, 0.4) is 0 Å². The number of halogens is 1. The monoisotopic (exact) mass is 336 g/mol. The third-order valence-corrected chi connectivity index (χ3v) is 4.11. The third kappa shape index (κ3) is 2.76. The highest BCUT2D eigenvalue weighted by atomic mass is 19.1. The Kier molecular flexibility index (Phi) is 3.72. The second-order valence-corrected chi connectivity index (χ2v) is 6.03. The summed E-state index contributed by atoms with van der Waals surface area (Å²) in [4.78, 5) is 10.3. The minimum atomic E-state index is -0.249. The number of hydrogen-bond donors (Lipinski definition) is 1. The van der Waals surface area contributed by atoms with E-state index in [0.29, 0.717) is 23.6 Å².